The molecule has 0 amide bonds. The minimum absolute atomic E-state index is 0.148. The molecule has 0 radical (unpaired) electrons. The van der Waals surface area contributed by atoms with Gasteiger partial charge in [-0.3, -0.25) is 0 Å². The summed E-state index contributed by atoms with van der Waals surface area (Å²) in [4.78, 5) is 0. The molecule has 0 heterocycles. The van der Waals surface area contributed by atoms with Crippen molar-refractivity contribution in [3.63, 3.8) is 0 Å². The first kappa shape index (κ1) is 11.9. The molecular formula is C14H12O4. The van der Waals surface area contributed by atoms with Gasteiger partial charge in [0.25, 0.3) is 0 Å². The van der Waals surface area contributed by atoms with Gasteiger partial charge in [0.1, 0.15) is 5.75 Å². The number of rotatable bonds is 2. The van der Waals surface area contributed by atoms with Crippen LogP contribution in [0.5, 0.6) is 23.0 Å². The molecule has 2 aromatic rings. The van der Waals surface area contributed by atoms with E-state index in [4.69, 9.17) is 0 Å². The summed E-state index contributed by atoms with van der Waals surface area (Å²) in [6.07, 6.45) is 3.24. The lowest BCUT2D eigenvalue weighted by Crippen LogP contribution is -1.77. The molecule has 4 nitrogen and oxygen atoms in total. The molecule has 0 fully saturated rings. The highest BCUT2D eigenvalue weighted by atomic mass is 16.3. The van der Waals surface area contributed by atoms with Crippen LogP contribution in [0.15, 0.2) is 36.4 Å². The second-order valence-corrected chi connectivity index (χ2v) is 3.80. The summed E-state index contributed by atoms with van der Waals surface area (Å²) in [5.74, 6) is -1.16. The van der Waals surface area contributed by atoms with E-state index in [1.807, 2.05) is 0 Å². The van der Waals surface area contributed by atoms with Gasteiger partial charge in [-0.05, 0) is 29.8 Å². The third-order valence-electron chi connectivity index (χ3n) is 2.49. The summed E-state index contributed by atoms with van der Waals surface area (Å²) in [5, 5.41) is 37.4. The SMILES string of the molecule is Oc1cccc(C=Cc2ccc(O)c(O)c2O)c1. The number of hydrogen-bond donors (Lipinski definition) is 4. The van der Waals surface area contributed by atoms with Crippen LogP contribution in [0.25, 0.3) is 12.2 Å². The lowest BCUT2D eigenvalue weighted by molar-refractivity contribution is 0.367. The molecule has 0 saturated carbocycles. The summed E-state index contributed by atoms with van der Waals surface area (Å²) < 4.78 is 0. The van der Waals surface area contributed by atoms with Crippen molar-refractivity contribution >= 4 is 12.2 Å². The van der Waals surface area contributed by atoms with E-state index >= 15 is 0 Å². The van der Waals surface area contributed by atoms with Crippen LogP contribution < -0.4 is 0 Å². The summed E-state index contributed by atoms with van der Waals surface area (Å²) in [7, 11) is 0. The average Bonchev–Trinajstić information content (AvgIpc) is 2.35. The van der Waals surface area contributed by atoms with Gasteiger partial charge in [-0.2, -0.15) is 0 Å². The second-order valence-electron chi connectivity index (χ2n) is 3.80. The monoisotopic (exact) mass is 244 g/mol. The Bertz CT molecular complexity index is 603. The van der Waals surface area contributed by atoms with Crippen molar-refractivity contribution in [2.45, 2.75) is 0 Å². The van der Waals surface area contributed by atoms with Gasteiger partial charge in [0, 0.05) is 5.56 Å². The summed E-state index contributed by atoms with van der Waals surface area (Å²) in [5.41, 5.74) is 1.12. The number of hydrogen-bond acceptors (Lipinski definition) is 4. The van der Waals surface area contributed by atoms with E-state index in [2.05, 4.69) is 0 Å². The molecule has 0 atom stereocenters. The fourth-order valence-electron chi connectivity index (χ4n) is 1.53. The molecule has 0 bridgehead atoms. The van der Waals surface area contributed by atoms with Crippen LogP contribution in [0.2, 0.25) is 0 Å². The summed E-state index contributed by atoms with van der Waals surface area (Å²) in [6, 6.07) is 9.37. The van der Waals surface area contributed by atoms with Crippen molar-refractivity contribution in [2.75, 3.05) is 0 Å². The Morgan fingerprint density at radius 1 is 0.778 bits per heavy atom. The molecule has 2 rings (SSSR count). The third-order valence-corrected chi connectivity index (χ3v) is 2.49. The van der Waals surface area contributed by atoms with Crippen LogP contribution in [0.4, 0.5) is 0 Å². The number of phenolic OH excluding ortho intramolecular Hbond substituents is 4. The van der Waals surface area contributed by atoms with Gasteiger partial charge in [-0.15, -0.1) is 0 Å². The molecule has 0 aliphatic rings. The molecule has 0 aliphatic carbocycles. The maximum Gasteiger partial charge on any atom is 0.200 e. The number of aromatic hydroxyl groups is 4. The zero-order valence-corrected chi connectivity index (χ0v) is 9.41. The first-order chi connectivity index (χ1) is 8.58. The van der Waals surface area contributed by atoms with E-state index in [1.165, 1.54) is 12.1 Å². The van der Waals surface area contributed by atoms with Gasteiger partial charge in [0.2, 0.25) is 5.75 Å². The van der Waals surface area contributed by atoms with Crippen LogP contribution in [0.1, 0.15) is 11.1 Å². The van der Waals surface area contributed by atoms with Crippen molar-refractivity contribution in [2.24, 2.45) is 0 Å². The first-order valence-electron chi connectivity index (χ1n) is 5.29. The summed E-state index contributed by atoms with van der Waals surface area (Å²) in [6.45, 7) is 0. The van der Waals surface area contributed by atoms with Gasteiger partial charge in [-0.1, -0.05) is 24.3 Å². The maximum atomic E-state index is 9.60. The smallest absolute Gasteiger partial charge is 0.200 e. The second kappa shape index (κ2) is 4.71. The van der Waals surface area contributed by atoms with E-state index in [1.54, 1.807) is 36.4 Å². The molecule has 0 aromatic heterocycles. The molecule has 0 saturated heterocycles. The molecule has 18 heavy (non-hydrogen) atoms. The van der Waals surface area contributed by atoms with Crippen LogP contribution >= 0.6 is 0 Å². The molecule has 4 heteroatoms. The van der Waals surface area contributed by atoms with Crippen molar-refractivity contribution < 1.29 is 20.4 Å². The van der Waals surface area contributed by atoms with Crippen molar-refractivity contribution in [3.05, 3.63) is 47.5 Å². The van der Waals surface area contributed by atoms with E-state index < -0.39 is 5.75 Å². The predicted molar refractivity (Wildman–Crippen MR) is 68.5 cm³/mol. The lowest BCUT2D eigenvalue weighted by Gasteiger charge is -2.03. The highest BCUT2D eigenvalue weighted by molar-refractivity contribution is 5.75. The molecule has 0 aliphatic heterocycles. The predicted octanol–water partition coefficient (Wildman–Crippen LogP) is 2.68. The zero-order chi connectivity index (χ0) is 13.1. The Labute approximate surface area is 104 Å². The Morgan fingerprint density at radius 2 is 1.56 bits per heavy atom. The highest BCUT2D eigenvalue weighted by Crippen LogP contribution is 2.37. The van der Waals surface area contributed by atoms with Crippen molar-refractivity contribution in [3.8, 4) is 23.0 Å². The normalized spacial score (nSPS) is 10.9. The number of phenols is 4. The molecular weight excluding hydrogens is 232 g/mol. The largest absolute Gasteiger partial charge is 0.508 e. The lowest BCUT2D eigenvalue weighted by atomic mass is 10.1. The fraction of sp³-hybridized carbons (Fsp3) is 0. The topological polar surface area (TPSA) is 80.9 Å². The van der Waals surface area contributed by atoms with Crippen molar-refractivity contribution in [1.82, 2.24) is 0 Å². The minimum Gasteiger partial charge on any atom is -0.508 e. The Hall–Kier alpha value is -2.62. The first-order valence-corrected chi connectivity index (χ1v) is 5.29. The Kier molecular flexibility index (Phi) is 3.10. The quantitative estimate of drug-likeness (QED) is 0.483. The van der Waals surface area contributed by atoms with E-state index in [-0.39, 0.29) is 17.2 Å². The Balaban J connectivity index is 2.32. The van der Waals surface area contributed by atoms with Crippen LogP contribution in [-0.2, 0) is 0 Å². The van der Waals surface area contributed by atoms with Gasteiger partial charge >= 0.3 is 0 Å². The van der Waals surface area contributed by atoms with Gasteiger partial charge < -0.3 is 20.4 Å². The minimum atomic E-state index is -0.548. The van der Waals surface area contributed by atoms with Gasteiger partial charge in [0.05, 0.1) is 0 Å². The van der Waals surface area contributed by atoms with Crippen LogP contribution in [-0.4, -0.2) is 20.4 Å². The highest BCUT2D eigenvalue weighted by Gasteiger charge is 2.08. The molecule has 0 unspecified atom stereocenters. The molecule has 2 aromatic carbocycles. The fourth-order valence-corrected chi connectivity index (χ4v) is 1.53. The standard InChI is InChI=1S/C14H12O4/c15-11-3-1-2-9(8-11)4-5-10-6-7-12(16)14(18)13(10)17/h1-8,15-18H. The molecule has 92 valence electrons. The van der Waals surface area contributed by atoms with Crippen LogP contribution in [0.3, 0.4) is 0 Å². The Morgan fingerprint density at radius 3 is 2.28 bits per heavy atom. The molecule has 4 N–H and O–H groups in total. The third kappa shape index (κ3) is 2.38. The zero-order valence-electron chi connectivity index (χ0n) is 9.41. The average molecular weight is 244 g/mol. The van der Waals surface area contributed by atoms with Gasteiger partial charge in [0.15, 0.2) is 11.5 Å². The van der Waals surface area contributed by atoms with E-state index in [0.717, 1.165) is 5.56 Å². The molecule has 0 spiro atoms. The number of benzene rings is 2. The van der Waals surface area contributed by atoms with Crippen LogP contribution in [0, 0.1) is 0 Å². The summed E-state index contributed by atoms with van der Waals surface area (Å²) >= 11 is 0. The maximum absolute atomic E-state index is 9.60. The van der Waals surface area contributed by atoms with Crippen molar-refractivity contribution in [1.29, 1.82) is 0 Å². The van der Waals surface area contributed by atoms with Gasteiger partial charge in [-0.25, -0.2) is 0 Å². The van der Waals surface area contributed by atoms with E-state index in [0.29, 0.717) is 5.56 Å². The van der Waals surface area contributed by atoms with E-state index in [9.17, 15) is 20.4 Å².